The van der Waals surface area contributed by atoms with E-state index >= 15 is 0 Å². The van der Waals surface area contributed by atoms with Crippen LogP contribution < -0.4 is 10.3 Å². The van der Waals surface area contributed by atoms with E-state index in [1.807, 2.05) is 53.4 Å². The first kappa shape index (κ1) is 27.9. The minimum absolute atomic E-state index is 0.0994. The molecule has 36 heavy (non-hydrogen) atoms. The Morgan fingerprint density at radius 3 is 2.08 bits per heavy atom. The van der Waals surface area contributed by atoms with Crippen molar-refractivity contribution in [1.29, 1.82) is 0 Å². The molecule has 1 saturated heterocycles. The summed E-state index contributed by atoms with van der Waals surface area (Å²) in [5.41, 5.74) is 0.812. The lowest BCUT2D eigenvalue weighted by molar-refractivity contribution is -0.155. The van der Waals surface area contributed by atoms with Crippen LogP contribution in [0.1, 0.15) is 59.9 Å². The predicted octanol–water partition coefficient (Wildman–Crippen LogP) is 3.82. The Morgan fingerprint density at radius 2 is 1.56 bits per heavy atom. The molecule has 2 aromatic rings. The zero-order chi connectivity index (χ0) is 27.0. The van der Waals surface area contributed by atoms with E-state index in [1.165, 1.54) is 0 Å². The monoisotopic (exact) mass is 565 g/mol. The molecular weight excluding hydrogens is 530 g/mol. The number of hydrogen-bond acceptors (Lipinski definition) is 8. The summed E-state index contributed by atoms with van der Waals surface area (Å²) >= 11 is 3.38. The highest BCUT2D eigenvalue weighted by molar-refractivity contribution is 9.10. The number of amides is 1. The van der Waals surface area contributed by atoms with Crippen molar-refractivity contribution in [2.75, 3.05) is 31.1 Å². The second kappa shape index (κ2) is 10.4. The van der Waals surface area contributed by atoms with Gasteiger partial charge in [-0.1, -0.05) is 6.92 Å². The van der Waals surface area contributed by atoms with Crippen LogP contribution in [-0.4, -0.2) is 68.9 Å². The Balaban J connectivity index is 2.05. The van der Waals surface area contributed by atoms with Crippen molar-refractivity contribution >= 4 is 44.8 Å². The largest absolute Gasteiger partial charge is 0.459 e. The maximum atomic E-state index is 13.7. The van der Waals surface area contributed by atoms with E-state index in [-0.39, 0.29) is 23.6 Å². The van der Waals surface area contributed by atoms with E-state index in [4.69, 9.17) is 9.47 Å². The molecule has 0 atom stereocenters. The van der Waals surface area contributed by atoms with Gasteiger partial charge in [0.15, 0.2) is 11.2 Å². The molecule has 0 spiro atoms. The average molecular weight is 566 g/mol. The first-order chi connectivity index (χ1) is 16.6. The smallest absolute Gasteiger partial charge is 0.410 e. The number of rotatable bonds is 4. The number of nitrogens with zero attached hydrogens (tertiary/aromatic N) is 5. The number of carbonyl (C=O) groups excluding carboxylic acids is 2. The molecule has 0 saturated carbocycles. The van der Waals surface area contributed by atoms with Crippen molar-refractivity contribution in [1.82, 2.24) is 19.4 Å². The van der Waals surface area contributed by atoms with Gasteiger partial charge in [0.2, 0.25) is 5.43 Å². The number of hydrogen-bond donors (Lipinski definition) is 0. The number of fused-ring (bicyclic) bond motifs is 1. The van der Waals surface area contributed by atoms with Gasteiger partial charge in [0.1, 0.15) is 28.0 Å². The van der Waals surface area contributed by atoms with Gasteiger partial charge in [0.05, 0.1) is 5.69 Å². The minimum atomic E-state index is -0.649. The van der Waals surface area contributed by atoms with Gasteiger partial charge in [-0.3, -0.25) is 9.59 Å². The summed E-state index contributed by atoms with van der Waals surface area (Å²) in [4.78, 5) is 51.8. The Morgan fingerprint density at radius 1 is 0.972 bits per heavy atom. The summed E-state index contributed by atoms with van der Waals surface area (Å²) in [6.45, 7) is 16.3. The molecule has 10 nitrogen and oxygen atoms in total. The zero-order valence-electron chi connectivity index (χ0n) is 22.4. The summed E-state index contributed by atoms with van der Waals surface area (Å²) in [7, 11) is 0. The molecule has 1 fully saturated rings. The number of halogens is 1. The van der Waals surface area contributed by atoms with Crippen LogP contribution in [0.4, 0.5) is 10.5 Å². The lowest BCUT2D eigenvalue weighted by Gasteiger charge is -2.37. The van der Waals surface area contributed by atoms with E-state index < -0.39 is 17.2 Å². The van der Waals surface area contributed by atoms with Gasteiger partial charge in [-0.25, -0.2) is 14.8 Å². The average Bonchev–Trinajstić information content (AvgIpc) is 2.74. The van der Waals surface area contributed by atoms with E-state index in [2.05, 4.69) is 25.9 Å². The van der Waals surface area contributed by atoms with E-state index in [0.717, 1.165) is 0 Å². The Kier molecular flexibility index (Phi) is 8.02. The highest BCUT2D eigenvalue weighted by Crippen LogP contribution is 2.26. The number of esters is 1. The van der Waals surface area contributed by atoms with E-state index in [9.17, 15) is 14.4 Å². The molecule has 0 bridgehead atoms. The summed E-state index contributed by atoms with van der Waals surface area (Å²) < 4.78 is 13.3. The van der Waals surface area contributed by atoms with Crippen molar-refractivity contribution in [2.24, 2.45) is 0 Å². The molecule has 11 heteroatoms. The lowest BCUT2D eigenvalue weighted by Crippen LogP contribution is -2.51. The van der Waals surface area contributed by atoms with Gasteiger partial charge in [-0.05, 0) is 70.8 Å². The molecule has 0 radical (unpaired) electrons. The first-order valence-electron chi connectivity index (χ1n) is 12.2. The van der Waals surface area contributed by atoms with Gasteiger partial charge in [0.25, 0.3) is 0 Å². The molecule has 198 valence electrons. The topological polar surface area (TPSA) is 107 Å². The van der Waals surface area contributed by atoms with Crippen molar-refractivity contribution in [3.8, 4) is 0 Å². The zero-order valence-corrected chi connectivity index (χ0v) is 24.0. The van der Waals surface area contributed by atoms with E-state index in [1.54, 1.807) is 16.4 Å². The highest BCUT2D eigenvalue weighted by Gasteiger charge is 2.30. The van der Waals surface area contributed by atoms with Crippen LogP contribution in [-0.2, 0) is 27.2 Å². The normalized spacial score (nSPS) is 14.8. The van der Waals surface area contributed by atoms with Gasteiger partial charge in [-0.2, -0.15) is 0 Å². The van der Waals surface area contributed by atoms with Gasteiger partial charge >= 0.3 is 12.1 Å². The molecule has 2 aromatic heterocycles. The van der Waals surface area contributed by atoms with Crippen molar-refractivity contribution in [3.05, 3.63) is 26.2 Å². The third-order valence-corrected chi connectivity index (χ3v) is 6.32. The van der Waals surface area contributed by atoms with Crippen molar-refractivity contribution in [3.63, 3.8) is 0 Å². The quantitative estimate of drug-likeness (QED) is 0.515. The molecular formula is C25H36BrN5O5. The number of piperazine rings is 1. The highest BCUT2D eigenvalue weighted by atomic mass is 79.9. The van der Waals surface area contributed by atoms with Crippen molar-refractivity contribution < 1.29 is 19.1 Å². The van der Waals surface area contributed by atoms with Crippen LogP contribution in [0.2, 0.25) is 0 Å². The fourth-order valence-corrected chi connectivity index (χ4v) is 4.39. The van der Waals surface area contributed by atoms with Crippen LogP contribution >= 0.6 is 15.9 Å². The summed E-state index contributed by atoms with van der Waals surface area (Å²) in [5.74, 6) is -0.426. The summed E-state index contributed by atoms with van der Waals surface area (Å²) in [6.07, 6.45) is 0.121. The van der Waals surface area contributed by atoms with Gasteiger partial charge in [0, 0.05) is 31.9 Å². The molecule has 1 aliphatic rings. The number of aromatic nitrogens is 3. The SMILES string of the molecule is CCc1c(N2CCN(C(=O)OC(C)(C)C)CC2)c(=O)c2nc(Br)c(C)nc2n1CC(=O)OC(C)(C)C. The van der Waals surface area contributed by atoms with Crippen molar-refractivity contribution in [2.45, 2.75) is 79.6 Å². The Hall–Kier alpha value is -2.69. The Bertz CT molecular complexity index is 1220. The predicted molar refractivity (Wildman–Crippen MR) is 141 cm³/mol. The molecule has 0 N–H and O–H groups in total. The fraction of sp³-hybridized carbons (Fsp3) is 0.640. The number of aryl methyl sites for hydroxylation is 1. The summed E-state index contributed by atoms with van der Waals surface area (Å²) in [5, 5.41) is 0. The van der Waals surface area contributed by atoms with Crippen LogP contribution in [0, 0.1) is 6.92 Å². The second-order valence-corrected chi connectivity index (χ2v) is 11.6. The van der Waals surface area contributed by atoms with Gasteiger partial charge < -0.3 is 23.8 Å². The maximum absolute atomic E-state index is 13.7. The van der Waals surface area contributed by atoms with Crippen LogP contribution in [0.3, 0.4) is 0 Å². The van der Waals surface area contributed by atoms with Crippen LogP contribution in [0.25, 0.3) is 11.2 Å². The van der Waals surface area contributed by atoms with Crippen LogP contribution in [0.5, 0.6) is 0 Å². The third kappa shape index (κ3) is 6.35. The number of ether oxygens (including phenoxy) is 2. The van der Waals surface area contributed by atoms with Gasteiger partial charge in [-0.15, -0.1) is 0 Å². The molecule has 1 aliphatic heterocycles. The minimum Gasteiger partial charge on any atom is -0.459 e. The lowest BCUT2D eigenvalue weighted by atomic mass is 10.1. The molecule has 3 rings (SSSR count). The molecule has 0 unspecified atom stereocenters. The molecule has 1 amide bonds. The molecule has 3 heterocycles. The first-order valence-corrected chi connectivity index (χ1v) is 12.9. The third-order valence-electron chi connectivity index (χ3n) is 5.57. The summed E-state index contributed by atoms with van der Waals surface area (Å²) in [6, 6.07) is 0. The Labute approximate surface area is 220 Å². The number of pyridine rings is 1. The molecule has 0 aliphatic carbocycles. The standard InChI is InChI=1S/C25H36BrN5O5/c1-9-16-19(29-10-12-30(13-11-29)23(34)36-25(6,7)8)20(33)18-22(27-15(2)21(26)28-18)31(16)14-17(32)35-24(3,4)5/h9-14H2,1-8H3. The second-order valence-electron chi connectivity index (χ2n) is 10.9. The van der Waals surface area contributed by atoms with E-state index in [0.29, 0.717) is 59.9 Å². The van der Waals surface area contributed by atoms with Crippen LogP contribution in [0.15, 0.2) is 9.40 Å². The number of carbonyl (C=O) groups is 2. The molecule has 0 aromatic carbocycles. The maximum Gasteiger partial charge on any atom is 0.410 e. The number of anilines is 1. The fourth-order valence-electron chi connectivity index (χ4n) is 4.12.